The number of carbonyl (C=O) groups is 2. The summed E-state index contributed by atoms with van der Waals surface area (Å²) < 4.78 is 19.5. The molecule has 9 heteroatoms. The van der Waals surface area contributed by atoms with Crippen LogP contribution in [0.2, 0.25) is 5.02 Å². The van der Waals surface area contributed by atoms with E-state index in [4.69, 9.17) is 16.3 Å². The number of carbonyl (C=O) groups excluding carboxylic acids is 2. The first-order valence-corrected chi connectivity index (χ1v) is 9.33. The number of aromatic nitrogens is 2. The van der Waals surface area contributed by atoms with E-state index in [1.54, 1.807) is 26.0 Å². The van der Waals surface area contributed by atoms with Gasteiger partial charge in [0.05, 0.1) is 19.1 Å². The molecule has 1 aromatic heterocycles. The zero-order chi connectivity index (χ0) is 20.4. The van der Waals surface area contributed by atoms with Gasteiger partial charge in [-0.2, -0.15) is 0 Å². The number of fused-ring (bicyclic) bond motifs is 1. The predicted octanol–water partition coefficient (Wildman–Crippen LogP) is 3.06. The number of nitrogens with one attached hydrogen (secondary N) is 2. The molecule has 2 aromatic rings. The van der Waals surface area contributed by atoms with Gasteiger partial charge in [0.25, 0.3) is 0 Å². The van der Waals surface area contributed by atoms with Gasteiger partial charge in [0.2, 0.25) is 0 Å². The fourth-order valence-electron chi connectivity index (χ4n) is 3.37. The number of H-pyrrole nitrogens is 1. The molecule has 150 valence electrons. The van der Waals surface area contributed by atoms with E-state index >= 15 is 0 Å². The average molecular weight is 409 g/mol. The van der Waals surface area contributed by atoms with Gasteiger partial charge in [-0.1, -0.05) is 31.5 Å². The standard InChI is InChI=1S/C19H22ClFN4O3/c1-10(2)15(18(26)28-3)24-19(27)25-7-6-14-16(23-9-22-14)17(25)12-5-4-11(20)8-13(12)21/h4-5,8-10,15,17H,6-7H2,1-3H3,(H,22,23)(H,24,27)/t15-,17+/m1/s1. The topological polar surface area (TPSA) is 87.3 Å². The lowest BCUT2D eigenvalue weighted by Gasteiger charge is -2.36. The number of esters is 1. The lowest BCUT2D eigenvalue weighted by molar-refractivity contribution is -0.144. The average Bonchev–Trinajstić information content (AvgIpc) is 3.13. The maximum Gasteiger partial charge on any atom is 0.328 e. The normalized spacial score (nSPS) is 17.2. The Bertz CT molecular complexity index is 886. The van der Waals surface area contributed by atoms with Crippen molar-refractivity contribution < 1.29 is 18.7 Å². The monoisotopic (exact) mass is 408 g/mol. The van der Waals surface area contributed by atoms with Crippen LogP contribution in [0.5, 0.6) is 0 Å². The molecule has 1 aliphatic rings. The van der Waals surface area contributed by atoms with Gasteiger partial charge < -0.3 is 19.9 Å². The molecule has 28 heavy (non-hydrogen) atoms. The van der Waals surface area contributed by atoms with E-state index in [1.807, 2.05) is 0 Å². The fraction of sp³-hybridized carbons (Fsp3) is 0.421. The second kappa shape index (κ2) is 8.18. The molecule has 3 rings (SSSR count). The molecule has 2 heterocycles. The van der Waals surface area contributed by atoms with E-state index in [2.05, 4.69) is 15.3 Å². The van der Waals surface area contributed by atoms with Gasteiger partial charge >= 0.3 is 12.0 Å². The van der Waals surface area contributed by atoms with Gasteiger partial charge in [0.15, 0.2) is 0 Å². The van der Waals surface area contributed by atoms with Gasteiger partial charge in [-0.15, -0.1) is 0 Å². The van der Waals surface area contributed by atoms with Crippen molar-refractivity contribution in [1.82, 2.24) is 20.2 Å². The summed E-state index contributed by atoms with van der Waals surface area (Å²) >= 11 is 5.88. The maximum absolute atomic E-state index is 14.7. The second-order valence-corrected chi connectivity index (χ2v) is 7.41. The highest BCUT2D eigenvalue weighted by atomic mass is 35.5. The summed E-state index contributed by atoms with van der Waals surface area (Å²) in [6.07, 6.45) is 2.07. The minimum atomic E-state index is -0.811. The van der Waals surface area contributed by atoms with Crippen molar-refractivity contribution in [3.8, 4) is 0 Å². The van der Waals surface area contributed by atoms with Crippen LogP contribution in [0.4, 0.5) is 9.18 Å². The van der Waals surface area contributed by atoms with Crippen LogP contribution >= 0.6 is 11.6 Å². The molecule has 2 amide bonds. The highest BCUT2D eigenvalue weighted by Crippen LogP contribution is 2.35. The molecule has 1 aliphatic heterocycles. The molecule has 0 aliphatic carbocycles. The number of rotatable bonds is 4. The van der Waals surface area contributed by atoms with E-state index in [0.717, 1.165) is 5.69 Å². The Kier molecular flexibility index (Phi) is 5.88. The number of aromatic amines is 1. The number of imidazole rings is 1. The summed E-state index contributed by atoms with van der Waals surface area (Å²) in [6.45, 7) is 3.94. The Labute approximate surface area is 167 Å². The van der Waals surface area contributed by atoms with Gasteiger partial charge in [-0.3, -0.25) is 0 Å². The molecule has 0 saturated carbocycles. The number of hydrogen-bond acceptors (Lipinski definition) is 4. The van der Waals surface area contributed by atoms with E-state index in [9.17, 15) is 14.0 Å². The SMILES string of the molecule is COC(=O)[C@H](NC(=O)N1CCc2[nH]cnc2[C@@H]1c1ccc(Cl)cc1F)C(C)C. The van der Waals surface area contributed by atoms with Gasteiger partial charge in [0, 0.05) is 29.2 Å². The Morgan fingerprint density at radius 2 is 2.18 bits per heavy atom. The quantitative estimate of drug-likeness (QED) is 0.761. The van der Waals surface area contributed by atoms with Crippen molar-refractivity contribution in [2.24, 2.45) is 5.92 Å². The smallest absolute Gasteiger partial charge is 0.328 e. The summed E-state index contributed by atoms with van der Waals surface area (Å²) in [5.74, 6) is -1.23. The minimum absolute atomic E-state index is 0.173. The first-order chi connectivity index (χ1) is 13.3. The van der Waals surface area contributed by atoms with Crippen LogP contribution < -0.4 is 5.32 Å². The third-order valence-corrected chi connectivity index (χ3v) is 5.08. The van der Waals surface area contributed by atoms with Crippen LogP contribution in [0.3, 0.4) is 0 Å². The fourth-order valence-corrected chi connectivity index (χ4v) is 3.53. The lowest BCUT2D eigenvalue weighted by atomic mass is 9.95. The molecule has 2 atom stereocenters. The maximum atomic E-state index is 14.7. The Morgan fingerprint density at radius 1 is 1.43 bits per heavy atom. The zero-order valence-corrected chi connectivity index (χ0v) is 16.6. The highest BCUT2D eigenvalue weighted by Gasteiger charge is 2.37. The molecule has 0 fully saturated rings. The number of urea groups is 1. The minimum Gasteiger partial charge on any atom is -0.467 e. The molecular formula is C19H22ClFN4O3. The van der Waals surface area contributed by atoms with Gasteiger partial charge in [0.1, 0.15) is 17.9 Å². The zero-order valence-electron chi connectivity index (χ0n) is 15.8. The third kappa shape index (κ3) is 3.82. The molecule has 2 N–H and O–H groups in total. The van der Waals surface area contributed by atoms with Gasteiger partial charge in [-0.05, 0) is 18.1 Å². The summed E-state index contributed by atoms with van der Waals surface area (Å²) in [6, 6.07) is 2.29. The van der Waals surface area contributed by atoms with Crippen LogP contribution in [0, 0.1) is 11.7 Å². The highest BCUT2D eigenvalue weighted by molar-refractivity contribution is 6.30. The van der Waals surface area contributed by atoms with Crippen molar-refractivity contribution in [2.75, 3.05) is 13.7 Å². The summed E-state index contributed by atoms with van der Waals surface area (Å²) in [4.78, 5) is 33.9. The Balaban J connectivity index is 1.96. The van der Waals surface area contributed by atoms with Crippen molar-refractivity contribution in [3.63, 3.8) is 0 Å². The predicted molar refractivity (Wildman–Crippen MR) is 101 cm³/mol. The van der Waals surface area contributed by atoms with E-state index in [1.165, 1.54) is 24.4 Å². The summed E-state index contributed by atoms with van der Waals surface area (Å²) in [5, 5.41) is 2.98. The molecule has 0 radical (unpaired) electrons. The number of benzene rings is 1. The number of hydrogen-bond donors (Lipinski definition) is 2. The van der Waals surface area contributed by atoms with E-state index < -0.39 is 29.9 Å². The van der Waals surface area contributed by atoms with E-state index in [-0.39, 0.29) is 16.5 Å². The van der Waals surface area contributed by atoms with Crippen LogP contribution in [-0.2, 0) is 16.0 Å². The molecule has 1 aromatic carbocycles. The second-order valence-electron chi connectivity index (χ2n) is 6.97. The lowest BCUT2D eigenvalue weighted by Crippen LogP contribution is -2.53. The van der Waals surface area contributed by atoms with E-state index in [0.29, 0.717) is 18.7 Å². The van der Waals surface area contributed by atoms with Crippen LogP contribution in [-0.4, -0.2) is 46.6 Å². The third-order valence-electron chi connectivity index (χ3n) is 4.84. The molecule has 0 unspecified atom stereocenters. The first kappa shape index (κ1) is 20.1. The van der Waals surface area contributed by atoms with Crippen LogP contribution in [0.1, 0.15) is 36.8 Å². The molecule has 0 spiro atoms. The Morgan fingerprint density at radius 3 is 2.82 bits per heavy atom. The number of halogens is 2. The number of amides is 2. The number of methoxy groups -OCH3 is 1. The molecule has 0 saturated heterocycles. The molecular weight excluding hydrogens is 387 g/mol. The van der Waals surface area contributed by atoms with Crippen molar-refractivity contribution in [3.05, 3.63) is 52.3 Å². The largest absolute Gasteiger partial charge is 0.467 e. The first-order valence-electron chi connectivity index (χ1n) is 8.95. The van der Waals surface area contributed by atoms with Crippen molar-refractivity contribution in [1.29, 1.82) is 0 Å². The molecule has 7 nitrogen and oxygen atoms in total. The Hall–Kier alpha value is -2.61. The van der Waals surface area contributed by atoms with Crippen LogP contribution in [0.15, 0.2) is 24.5 Å². The molecule has 0 bridgehead atoms. The summed E-state index contributed by atoms with van der Waals surface area (Å²) in [7, 11) is 1.27. The van der Waals surface area contributed by atoms with Crippen molar-refractivity contribution in [2.45, 2.75) is 32.4 Å². The van der Waals surface area contributed by atoms with Crippen molar-refractivity contribution >= 4 is 23.6 Å². The summed E-state index contributed by atoms with van der Waals surface area (Å²) in [5.41, 5.74) is 1.70. The number of nitrogens with zero attached hydrogens (tertiary/aromatic N) is 2. The van der Waals surface area contributed by atoms with Gasteiger partial charge in [-0.25, -0.2) is 19.0 Å². The van der Waals surface area contributed by atoms with Crippen LogP contribution in [0.25, 0.3) is 0 Å². The number of ether oxygens (including phenoxy) is 1.